The Labute approximate surface area is 191 Å². The van der Waals surface area contributed by atoms with E-state index in [9.17, 15) is 14.3 Å². The zero-order valence-corrected chi connectivity index (χ0v) is 18.2. The highest BCUT2D eigenvalue weighted by Crippen LogP contribution is 2.23. The fourth-order valence-electron chi connectivity index (χ4n) is 4.55. The van der Waals surface area contributed by atoms with Gasteiger partial charge in [0.1, 0.15) is 11.5 Å². The number of halogens is 1. The van der Waals surface area contributed by atoms with Crippen LogP contribution < -0.4 is 5.32 Å². The van der Waals surface area contributed by atoms with Crippen LogP contribution in [0.2, 0.25) is 0 Å². The minimum Gasteiger partial charge on any atom is -0.391 e. The first kappa shape index (κ1) is 21.3. The monoisotopic (exact) mass is 443 g/mol. The third-order valence-corrected chi connectivity index (χ3v) is 6.39. The largest absolute Gasteiger partial charge is 0.391 e. The summed E-state index contributed by atoms with van der Waals surface area (Å²) >= 11 is 0. The number of fused-ring (bicyclic) bond motifs is 1. The lowest BCUT2D eigenvalue weighted by Crippen LogP contribution is -2.45. The molecule has 2 N–H and O–H groups in total. The normalized spacial score (nSPS) is 18.4. The highest BCUT2D eigenvalue weighted by Gasteiger charge is 2.25. The van der Waals surface area contributed by atoms with E-state index in [1.165, 1.54) is 12.1 Å². The maximum Gasteiger partial charge on any atom is 0.272 e. The minimum absolute atomic E-state index is 0.226. The van der Waals surface area contributed by atoms with Gasteiger partial charge in [0, 0.05) is 6.20 Å². The van der Waals surface area contributed by atoms with Crippen LogP contribution in [0.5, 0.6) is 0 Å². The molecule has 5 nitrogen and oxygen atoms in total. The quantitative estimate of drug-likeness (QED) is 0.467. The predicted molar refractivity (Wildman–Crippen MR) is 126 cm³/mol. The van der Waals surface area contributed by atoms with E-state index in [1.807, 2.05) is 36.5 Å². The maximum absolute atomic E-state index is 13.2. The van der Waals surface area contributed by atoms with Crippen LogP contribution >= 0.6 is 0 Å². The predicted octanol–water partition coefficient (Wildman–Crippen LogP) is 4.76. The average molecular weight is 444 g/mol. The third kappa shape index (κ3) is 4.66. The number of hydrogen-bond acceptors (Lipinski definition) is 3. The van der Waals surface area contributed by atoms with Gasteiger partial charge in [-0.05, 0) is 71.8 Å². The number of aliphatic hydroxyl groups excluding tert-OH is 1. The maximum atomic E-state index is 13.2. The van der Waals surface area contributed by atoms with Crippen LogP contribution in [-0.2, 0) is 6.42 Å². The first-order valence-corrected chi connectivity index (χ1v) is 11.4. The molecular weight excluding hydrogens is 417 g/mol. The molecule has 2 heterocycles. The van der Waals surface area contributed by atoms with Crippen molar-refractivity contribution in [1.29, 1.82) is 0 Å². The second kappa shape index (κ2) is 9.16. The van der Waals surface area contributed by atoms with Crippen molar-refractivity contribution in [1.82, 2.24) is 14.9 Å². The number of carbonyl (C=O) groups excluding carboxylic acids is 1. The van der Waals surface area contributed by atoms with Gasteiger partial charge in [0.05, 0.1) is 17.7 Å². The van der Waals surface area contributed by atoms with Crippen LogP contribution in [0.3, 0.4) is 0 Å². The van der Waals surface area contributed by atoms with Gasteiger partial charge in [0.25, 0.3) is 5.91 Å². The second-order valence-corrected chi connectivity index (χ2v) is 8.71. The summed E-state index contributed by atoms with van der Waals surface area (Å²) in [6, 6.07) is 20.1. The Balaban J connectivity index is 1.38. The molecule has 0 spiro atoms. The molecule has 33 heavy (non-hydrogen) atoms. The zero-order valence-electron chi connectivity index (χ0n) is 18.2. The van der Waals surface area contributed by atoms with Gasteiger partial charge in [-0.1, -0.05) is 49.2 Å². The van der Waals surface area contributed by atoms with Crippen LogP contribution in [0.1, 0.15) is 47.3 Å². The van der Waals surface area contributed by atoms with Crippen molar-refractivity contribution in [3.05, 3.63) is 95.6 Å². The van der Waals surface area contributed by atoms with Crippen molar-refractivity contribution in [2.24, 2.45) is 0 Å². The number of aromatic nitrogens is 2. The summed E-state index contributed by atoms with van der Waals surface area (Å²) in [4.78, 5) is 12.9. The zero-order chi connectivity index (χ0) is 22.8. The number of amides is 1. The Bertz CT molecular complexity index is 1270. The van der Waals surface area contributed by atoms with Crippen molar-refractivity contribution in [3.63, 3.8) is 0 Å². The van der Waals surface area contributed by atoms with Gasteiger partial charge in [0.2, 0.25) is 0 Å². The molecule has 4 aromatic rings. The Morgan fingerprint density at radius 2 is 1.73 bits per heavy atom. The molecule has 1 saturated carbocycles. The highest BCUT2D eigenvalue weighted by atomic mass is 19.1. The summed E-state index contributed by atoms with van der Waals surface area (Å²) in [6.07, 6.45) is 5.47. The summed E-state index contributed by atoms with van der Waals surface area (Å²) in [5, 5.41) is 17.7. The molecule has 0 unspecified atom stereocenters. The van der Waals surface area contributed by atoms with Crippen molar-refractivity contribution in [2.75, 3.05) is 0 Å². The molecule has 1 aliphatic rings. The minimum atomic E-state index is -0.503. The number of nitrogens with zero attached hydrogens (tertiary/aromatic N) is 2. The van der Waals surface area contributed by atoms with Crippen LogP contribution in [0.25, 0.3) is 16.6 Å². The van der Waals surface area contributed by atoms with Gasteiger partial charge < -0.3 is 10.4 Å². The van der Waals surface area contributed by atoms with E-state index >= 15 is 0 Å². The van der Waals surface area contributed by atoms with E-state index in [0.29, 0.717) is 18.5 Å². The molecule has 0 aliphatic heterocycles. The molecule has 0 saturated heterocycles. The topological polar surface area (TPSA) is 66.6 Å². The van der Waals surface area contributed by atoms with Crippen molar-refractivity contribution in [3.8, 4) is 11.1 Å². The average Bonchev–Trinajstić information content (AvgIpc) is 3.31. The molecule has 2 aromatic heterocycles. The van der Waals surface area contributed by atoms with Crippen molar-refractivity contribution < 1.29 is 14.3 Å². The van der Waals surface area contributed by atoms with E-state index < -0.39 is 6.10 Å². The van der Waals surface area contributed by atoms with E-state index in [2.05, 4.69) is 22.5 Å². The van der Waals surface area contributed by atoms with E-state index in [-0.39, 0.29) is 17.8 Å². The van der Waals surface area contributed by atoms with Crippen molar-refractivity contribution >= 4 is 11.4 Å². The number of hydrogen-bond donors (Lipinski definition) is 2. The van der Waals surface area contributed by atoms with Crippen LogP contribution in [0.4, 0.5) is 4.39 Å². The molecule has 0 bridgehead atoms. The SMILES string of the molecule is O=C(N[C@@H]1CCCC[C@H]1O)c1cc(Cc2ccc(-c3ccc(F)cc3)cc2)c2cccn2n1. The number of carbonyl (C=O) groups is 1. The van der Waals surface area contributed by atoms with Crippen molar-refractivity contribution in [2.45, 2.75) is 44.2 Å². The number of aliphatic hydroxyl groups is 1. The summed E-state index contributed by atoms with van der Waals surface area (Å²) in [5.74, 6) is -0.508. The van der Waals surface area contributed by atoms with Gasteiger partial charge in [-0.15, -0.1) is 0 Å². The summed E-state index contributed by atoms with van der Waals surface area (Å²) < 4.78 is 14.9. The number of benzene rings is 2. The lowest BCUT2D eigenvalue weighted by molar-refractivity contribution is 0.0713. The summed E-state index contributed by atoms with van der Waals surface area (Å²) in [5.41, 5.74) is 5.38. The Morgan fingerprint density at radius 1 is 1.03 bits per heavy atom. The van der Waals surface area contributed by atoms with E-state index in [4.69, 9.17) is 0 Å². The molecule has 1 amide bonds. The van der Waals surface area contributed by atoms with E-state index in [1.54, 1.807) is 16.6 Å². The fourth-order valence-corrected chi connectivity index (χ4v) is 4.55. The van der Waals surface area contributed by atoms with E-state index in [0.717, 1.165) is 47.0 Å². The van der Waals surface area contributed by atoms with Crippen LogP contribution in [-0.4, -0.2) is 32.8 Å². The molecule has 1 fully saturated rings. The second-order valence-electron chi connectivity index (χ2n) is 8.71. The summed E-state index contributed by atoms with van der Waals surface area (Å²) in [6.45, 7) is 0. The molecule has 1 aliphatic carbocycles. The lowest BCUT2D eigenvalue weighted by atomic mass is 9.92. The molecule has 2 atom stereocenters. The fraction of sp³-hybridized carbons (Fsp3) is 0.259. The Hall–Kier alpha value is -3.51. The summed E-state index contributed by atoms with van der Waals surface area (Å²) in [7, 11) is 0. The van der Waals surface area contributed by atoms with Crippen LogP contribution in [0, 0.1) is 5.82 Å². The number of nitrogens with one attached hydrogen (secondary N) is 1. The molecule has 6 heteroatoms. The molecule has 5 rings (SSSR count). The number of rotatable bonds is 5. The Morgan fingerprint density at radius 3 is 2.45 bits per heavy atom. The molecule has 2 aromatic carbocycles. The highest BCUT2D eigenvalue weighted by molar-refractivity contribution is 5.93. The molecule has 168 valence electrons. The van der Waals surface area contributed by atoms with Gasteiger partial charge in [-0.25, -0.2) is 8.91 Å². The van der Waals surface area contributed by atoms with Gasteiger partial charge in [0.15, 0.2) is 0 Å². The molecule has 0 radical (unpaired) electrons. The van der Waals surface area contributed by atoms with Gasteiger partial charge >= 0.3 is 0 Å². The van der Waals surface area contributed by atoms with Gasteiger partial charge in [-0.2, -0.15) is 5.10 Å². The van der Waals surface area contributed by atoms with Crippen LogP contribution in [0.15, 0.2) is 72.9 Å². The molecular formula is C27H26FN3O2. The first-order chi connectivity index (χ1) is 16.1. The van der Waals surface area contributed by atoms with Gasteiger partial charge in [-0.3, -0.25) is 4.79 Å². The third-order valence-electron chi connectivity index (χ3n) is 6.39. The lowest BCUT2D eigenvalue weighted by Gasteiger charge is -2.28. The first-order valence-electron chi connectivity index (χ1n) is 11.4. The Kier molecular flexibility index (Phi) is 5.92. The smallest absolute Gasteiger partial charge is 0.272 e. The standard InChI is InChI=1S/C27H26FN3O2/c28-22-13-11-20(12-14-22)19-9-7-18(8-10-19)16-21-17-24(30-31-15-3-5-25(21)31)27(33)29-23-4-1-2-6-26(23)32/h3,5,7-15,17,23,26,32H,1-2,4,6,16H2,(H,29,33)/t23-,26-/m1/s1.